The Morgan fingerprint density at radius 2 is 1.90 bits per heavy atom. The molecule has 0 radical (unpaired) electrons. The summed E-state index contributed by atoms with van der Waals surface area (Å²) in [4.78, 5) is 0. The minimum Gasteiger partial charge on any atom is -0.381 e. The predicted molar refractivity (Wildman–Crippen MR) is 84.9 cm³/mol. The standard InChI is InChI=1S/C17H18N4/c1-13-6-8-14(9-7-13)11-18-16-5-3-4-15(10-16)17-20-19-12-21(17)2/h3-10,12,18H,11H2,1-2H3. The van der Waals surface area contributed by atoms with Gasteiger partial charge in [-0.25, -0.2) is 0 Å². The van der Waals surface area contributed by atoms with Crippen molar-refractivity contribution in [3.05, 3.63) is 66.0 Å². The Labute approximate surface area is 124 Å². The van der Waals surface area contributed by atoms with Crippen LogP contribution in [0.5, 0.6) is 0 Å². The van der Waals surface area contributed by atoms with Crippen LogP contribution in [0.15, 0.2) is 54.9 Å². The van der Waals surface area contributed by atoms with Crippen LogP contribution in [0.1, 0.15) is 11.1 Å². The second-order valence-corrected chi connectivity index (χ2v) is 5.19. The van der Waals surface area contributed by atoms with Gasteiger partial charge in [0.1, 0.15) is 6.33 Å². The number of benzene rings is 2. The molecule has 21 heavy (non-hydrogen) atoms. The molecule has 0 bridgehead atoms. The molecule has 0 spiro atoms. The third kappa shape index (κ3) is 3.11. The molecule has 0 amide bonds. The molecule has 0 saturated heterocycles. The van der Waals surface area contributed by atoms with Gasteiger partial charge in [-0.3, -0.25) is 0 Å². The largest absolute Gasteiger partial charge is 0.381 e. The van der Waals surface area contributed by atoms with Gasteiger partial charge in [0.2, 0.25) is 0 Å². The van der Waals surface area contributed by atoms with Crippen molar-refractivity contribution in [2.24, 2.45) is 7.05 Å². The smallest absolute Gasteiger partial charge is 0.163 e. The van der Waals surface area contributed by atoms with Crippen LogP contribution in [0, 0.1) is 6.92 Å². The highest BCUT2D eigenvalue weighted by Gasteiger charge is 2.04. The van der Waals surface area contributed by atoms with E-state index in [0.717, 1.165) is 23.6 Å². The molecule has 0 unspecified atom stereocenters. The Morgan fingerprint density at radius 1 is 1.10 bits per heavy atom. The number of anilines is 1. The van der Waals surface area contributed by atoms with Crippen LogP contribution in [0.25, 0.3) is 11.4 Å². The van der Waals surface area contributed by atoms with E-state index in [0.29, 0.717) is 0 Å². The number of hydrogen-bond donors (Lipinski definition) is 1. The lowest BCUT2D eigenvalue weighted by atomic mass is 10.1. The van der Waals surface area contributed by atoms with Gasteiger partial charge in [0, 0.05) is 24.8 Å². The van der Waals surface area contributed by atoms with Gasteiger partial charge in [0.25, 0.3) is 0 Å². The number of nitrogens with zero attached hydrogens (tertiary/aromatic N) is 3. The summed E-state index contributed by atoms with van der Waals surface area (Å²) in [6.07, 6.45) is 1.71. The molecular weight excluding hydrogens is 260 g/mol. The molecule has 0 aliphatic rings. The first kappa shape index (κ1) is 13.4. The van der Waals surface area contributed by atoms with Crippen molar-refractivity contribution in [2.45, 2.75) is 13.5 Å². The molecule has 106 valence electrons. The Balaban J connectivity index is 1.74. The number of rotatable bonds is 4. The zero-order valence-corrected chi connectivity index (χ0v) is 12.2. The maximum atomic E-state index is 4.14. The van der Waals surface area contributed by atoms with Crippen molar-refractivity contribution in [1.82, 2.24) is 14.8 Å². The van der Waals surface area contributed by atoms with Crippen molar-refractivity contribution in [1.29, 1.82) is 0 Å². The fraction of sp³-hybridized carbons (Fsp3) is 0.176. The highest BCUT2D eigenvalue weighted by Crippen LogP contribution is 2.20. The Bertz CT molecular complexity index is 729. The van der Waals surface area contributed by atoms with Crippen LogP contribution in [0.4, 0.5) is 5.69 Å². The van der Waals surface area contributed by atoms with Crippen LogP contribution in [-0.4, -0.2) is 14.8 Å². The molecule has 0 fully saturated rings. The number of aromatic nitrogens is 3. The molecule has 4 nitrogen and oxygen atoms in total. The number of nitrogens with one attached hydrogen (secondary N) is 1. The highest BCUT2D eigenvalue weighted by atomic mass is 15.2. The summed E-state index contributed by atoms with van der Waals surface area (Å²) in [5, 5.41) is 11.5. The van der Waals surface area contributed by atoms with E-state index in [1.807, 2.05) is 23.7 Å². The maximum Gasteiger partial charge on any atom is 0.163 e. The average molecular weight is 278 g/mol. The van der Waals surface area contributed by atoms with E-state index >= 15 is 0 Å². The summed E-state index contributed by atoms with van der Waals surface area (Å²) in [7, 11) is 1.95. The van der Waals surface area contributed by atoms with Crippen LogP contribution < -0.4 is 5.32 Å². The lowest BCUT2D eigenvalue weighted by molar-refractivity contribution is 0.920. The third-order valence-electron chi connectivity index (χ3n) is 3.45. The minimum atomic E-state index is 0.808. The van der Waals surface area contributed by atoms with Gasteiger partial charge in [-0.2, -0.15) is 0 Å². The van der Waals surface area contributed by atoms with E-state index in [9.17, 15) is 0 Å². The van der Waals surface area contributed by atoms with Gasteiger partial charge < -0.3 is 9.88 Å². The van der Waals surface area contributed by atoms with Crippen LogP contribution in [0.2, 0.25) is 0 Å². The first-order chi connectivity index (χ1) is 10.2. The summed E-state index contributed by atoms with van der Waals surface area (Å²) in [5.41, 5.74) is 4.69. The second kappa shape index (κ2) is 5.79. The summed E-state index contributed by atoms with van der Waals surface area (Å²) in [6.45, 7) is 2.91. The van der Waals surface area contributed by atoms with Crippen molar-refractivity contribution in [3.8, 4) is 11.4 Å². The van der Waals surface area contributed by atoms with Gasteiger partial charge in [-0.05, 0) is 24.6 Å². The molecule has 0 aliphatic heterocycles. The summed E-state index contributed by atoms with van der Waals surface area (Å²) < 4.78 is 1.92. The zero-order valence-electron chi connectivity index (χ0n) is 12.2. The second-order valence-electron chi connectivity index (χ2n) is 5.19. The highest BCUT2D eigenvalue weighted by molar-refractivity contribution is 5.62. The van der Waals surface area contributed by atoms with Gasteiger partial charge in [-0.15, -0.1) is 10.2 Å². The predicted octanol–water partition coefficient (Wildman–Crippen LogP) is 3.40. The van der Waals surface area contributed by atoms with E-state index in [2.05, 4.69) is 58.8 Å². The average Bonchev–Trinajstić information content (AvgIpc) is 2.93. The van der Waals surface area contributed by atoms with Gasteiger partial charge in [-0.1, -0.05) is 42.0 Å². The molecule has 0 atom stereocenters. The van der Waals surface area contributed by atoms with Gasteiger partial charge >= 0.3 is 0 Å². The molecule has 1 N–H and O–H groups in total. The molecule has 1 aromatic heterocycles. The van der Waals surface area contributed by atoms with Gasteiger partial charge in [0.05, 0.1) is 0 Å². The molecule has 3 rings (SSSR count). The molecule has 2 aromatic carbocycles. The van der Waals surface area contributed by atoms with Crippen LogP contribution in [-0.2, 0) is 13.6 Å². The monoisotopic (exact) mass is 278 g/mol. The summed E-state index contributed by atoms with van der Waals surface area (Å²) in [5.74, 6) is 0.869. The van der Waals surface area contributed by atoms with Crippen LogP contribution >= 0.6 is 0 Å². The lowest BCUT2D eigenvalue weighted by Crippen LogP contribution is -2.00. The van der Waals surface area contributed by atoms with E-state index in [1.165, 1.54) is 11.1 Å². The van der Waals surface area contributed by atoms with E-state index in [1.54, 1.807) is 6.33 Å². The third-order valence-corrected chi connectivity index (χ3v) is 3.45. The molecule has 3 aromatic rings. The number of hydrogen-bond acceptors (Lipinski definition) is 3. The maximum absolute atomic E-state index is 4.14. The first-order valence-electron chi connectivity index (χ1n) is 6.96. The molecular formula is C17H18N4. The quantitative estimate of drug-likeness (QED) is 0.795. The molecule has 1 heterocycles. The topological polar surface area (TPSA) is 42.7 Å². The molecule has 0 saturated carbocycles. The first-order valence-corrected chi connectivity index (χ1v) is 6.96. The molecule has 4 heteroatoms. The molecule has 0 aliphatic carbocycles. The SMILES string of the molecule is Cc1ccc(CNc2cccc(-c3nncn3C)c2)cc1. The van der Waals surface area contributed by atoms with E-state index in [-0.39, 0.29) is 0 Å². The minimum absolute atomic E-state index is 0.808. The van der Waals surface area contributed by atoms with Crippen LogP contribution in [0.3, 0.4) is 0 Å². The summed E-state index contributed by atoms with van der Waals surface area (Å²) >= 11 is 0. The Hall–Kier alpha value is -2.62. The fourth-order valence-corrected chi connectivity index (χ4v) is 2.22. The summed E-state index contributed by atoms with van der Waals surface area (Å²) in [6, 6.07) is 16.8. The zero-order chi connectivity index (χ0) is 14.7. The van der Waals surface area contributed by atoms with Crippen molar-refractivity contribution in [2.75, 3.05) is 5.32 Å². The van der Waals surface area contributed by atoms with Crippen molar-refractivity contribution < 1.29 is 0 Å². The Morgan fingerprint density at radius 3 is 2.62 bits per heavy atom. The van der Waals surface area contributed by atoms with Crippen molar-refractivity contribution in [3.63, 3.8) is 0 Å². The van der Waals surface area contributed by atoms with E-state index in [4.69, 9.17) is 0 Å². The normalized spacial score (nSPS) is 10.6. The Kier molecular flexibility index (Phi) is 3.69. The van der Waals surface area contributed by atoms with Gasteiger partial charge in [0.15, 0.2) is 5.82 Å². The fourth-order valence-electron chi connectivity index (χ4n) is 2.22. The number of aryl methyl sites for hydroxylation is 2. The lowest BCUT2D eigenvalue weighted by Gasteiger charge is -2.08. The van der Waals surface area contributed by atoms with E-state index < -0.39 is 0 Å². The van der Waals surface area contributed by atoms with Crippen molar-refractivity contribution >= 4 is 5.69 Å².